The van der Waals surface area contributed by atoms with Gasteiger partial charge >= 0.3 is 11.9 Å². The highest BCUT2D eigenvalue weighted by Crippen LogP contribution is 2.06. The minimum atomic E-state index is -0.399. The van der Waals surface area contributed by atoms with E-state index >= 15 is 0 Å². The van der Waals surface area contributed by atoms with Crippen LogP contribution in [0.5, 0.6) is 0 Å². The van der Waals surface area contributed by atoms with Gasteiger partial charge in [-0.05, 0) is 19.8 Å². The molecule has 100 valence electrons. The summed E-state index contributed by atoms with van der Waals surface area (Å²) in [6.45, 7) is 7.82. The highest BCUT2D eigenvalue weighted by atomic mass is 16.5. The Bertz CT molecular complexity index is 253. The molecule has 0 aromatic carbocycles. The maximum absolute atomic E-state index is 11.5. The van der Waals surface area contributed by atoms with Crippen LogP contribution in [-0.4, -0.2) is 37.7 Å². The zero-order chi connectivity index (χ0) is 13.4. The van der Waals surface area contributed by atoms with Gasteiger partial charge < -0.3 is 14.8 Å². The Morgan fingerprint density at radius 3 is 2.24 bits per heavy atom. The van der Waals surface area contributed by atoms with Crippen LogP contribution in [0.3, 0.4) is 0 Å². The van der Waals surface area contributed by atoms with Gasteiger partial charge in [0.2, 0.25) is 0 Å². The number of rotatable bonds is 7. The smallest absolute Gasteiger partial charge is 0.323 e. The van der Waals surface area contributed by atoms with E-state index in [1.807, 2.05) is 20.8 Å². The van der Waals surface area contributed by atoms with E-state index in [9.17, 15) is 9.59 Å². The first-order valence-corrected chi connectivity index (χ1v) is 5.91. The normalized spacial score (nSPS) is 14.2. The minimum Gasteiger partial charge on any atom is -0.468 e. The predicted molar refractivity (Wildman–Crippen MR) is 64.5 cm³/mol. The first-order valence-electron chi connectivity index (χ1n) is 5.91. The van der Waals surface area contributed by atoms with E-state index in [-0.39, 0.29) is 30.3 Å². The van der Waals surface area contributed by atoms with Crippen LogP contribution in [0.2, 0.25) is 0 Å². The summed E-state index contributed by atoms with van der Waals surface area (Å²) in [7, 11) is 1.36. The molecule has 0 saturated heterocycles. The molecule has 0 fully saturated rings. The van der Waals surface area contributed by atoms with Crippen molar-refractivity contribution in [1.29, 1.82) is 0 Å². The third-order valence-electron chi connectivity index (χ3n) is 2.36. The molecule has 5 heteroatoms. The number of methoxy groups -OCH3 is 1. The lowest BCUT2D eigenvalue weighted by atomic mass is 10.0. The standard InChI is InChI=1S/C12H23NO4/c1-6-17-10(14)7-9(4)13-11(8(2)3)12(15)16-5/h8-9,11,13H,6-7H2,1-5H3. The topological polar surface area (TPSA) is 64.6 Å². The van der Waals surface area contributed by atoms with Crippen molar-refractivity contribution in [3.05, 3.63) is 0 Å². The Balaban J connectivity index is 4.26. The van der Waals surface area contributed by atoms with Gasteiger partial charge in [0.25, 0.3) is 0 Å². The third kappa shape index (κ3) is 6.26. The summed E-state index contributed by atoms with van der Waals surface area (Å²) in [6.07, 6.45) is 0.244. The van der Waals surface area contributed by atoms with Gasteiger partial charge in [0, 0.05) is 6.04 Å². The number of carbonyl (C=O) groups excluding carboxylic acids is 2. The molecule has 0 aromatic rings. The van der Waals surface area contributed by atoms with Gasteiger partial charge in [-0.1, -0.05) is 13.8 Å². The Morgan fingerprint density at radius 1 is 1.24 bits per heavy atom. The molecule has 0 amide bonds. The van der Waals surface area contributed by atoms with Gasteiger partial charge in [-0.2, -0.15) is 0 Å². The summed E-state index contributed by atoms with van der Waals surface area (Å²) in [4.78, 5) is 22.8. The molecule has 0 aliphatic carbocycles. The molecule has 0 heterocycles. The average molecular weight is 245 g/mol. The second kappa shape index (κ2) is 8.06. The van der Waals surface area contributed by atoms with E-state index in [4.69, 9.17) is 9.47 Å². The molecule has 0 aromatic heterocycles. The highest BCUT2D eigenvalue weighted by Gasteiger charge is 2.25. The van der Waals surface area contributed by atoms with Crippen molar-refractivity contribution >= 4 is 11.9 Å². The van der Waals surface area contributed by atoms with Crippen LogP contribution < -0.4 is 5.32 Å². The van der Waals surface area contributed by atoms with Crippen LogP contribution in [0, 0.1) is 5.92 Å². The molecular formula is C12H23NO4. The maximum Gasteiger partial charge on any atom is 0.323 e. The summed E-state index contributed by atoms with van der Waals surface area (Å²) in [5.41, 5.74) is 0. The van der Waals surface area contributed by atoms with Crippen molar-refractivity contribution in [1.82, 2.24) is 5.32 Å². The van der Waals surface area contributed by atoms with E-state index in [0.717, 1.165) is 0 Å². The SMILES string of the molecule is CCOC(=O)CC(C)NC(C(=O)OC)C(C)C. The van der Waals surface area contributed by atoms with Crippen molar-refractivity contribution in [2.45, 2.75) is 46.2 Å². The minimum absolute atomic E-state index is 0.104. The van der Waals surface area contributed by atoms with Crippen molar-refractivity contribution in [3.63, 3.8) is 0 Å². The molecule has 0 aliphatic rings. The first-order chi connectivity index (χ1) is 7.92. The summed E-state index contributed by atoms with van der Waals surface area (Å²) in [6, 6.07) is -0.523. The van der Waals surface area contributed by atoms with Gasteiger partial charge in [0.05, 0.1) is 20.1 Å². The maximum atomic E-state index is 11.5. The van der Waals surface area contributed by atoms with Gasteiger partial charge in [-0.15, -0.1) is 0 Å². The van der Waals surface area contributed by atoms with Crippen molar-refractivity contribution in [2.75, 3.05) is 13.7 Å². The Labute approximate surface area is 103 Å². The van der Waals surface area contributed by atoms with Crippen LogP contribution in [0.1, 0.15) is 34.1 Å². The monoisotopic (exact) mass is 245 g/mol. The molecule has 17 heavy (non-hydrogen) atoms. The van der Waals surface area contributed by atoms with Crippen LogP contribution in [0.4, 0.5) is 0 Å². The Hall–Kier alpha value is -1.10. The Morgan fingerprint density at radius 2 is 1.82 bits per heavy atom. The van der Waals surface area contributed by atoms with Gasteiger partial charge in [0.1, 0.15) is 6.04 Å². The van der Waals surface area contributed by atoms with Gasteiger partial charge in [-0.25, -0.2) is 0 Å². The summed E-state index contributed by atoms with van der Waals surface area (Å²) < 4.78 is 9.56. The number of nitrogens with one attached hydrogen (secondary N) is 1. The molecule has 0 bridgehead atoms. The summed E-state index contributed by atoms with van der Waals surface area (Å²) in [5.74, 6) is -0.470. The van der Waals surface area contributed by atoms with E-state index in [0.29, 0.717) is 6.61 Å². The fourth-order valence-corrected chi connectivity index (χ4v) is 1.49. The number of carbonyl (C=O) groups is 2. The molecular weight excluding hydrogens is 222 g/mol. The van der Waals surface area contributed by atoms with E-state index in [1.54, 1.807) is 6.92 Å². The largest absolute Gasteiger partial charge is 0.468 e. The molecule has 0 radical (unpaired) electrons. The zero-order valence-corrected chi connectivity index (χ0v) is 11.3. The van der Waals surface area contributed by atoms with Crippen LogP contribution in [0.25, 0.3) is 0 Å². The van der Waals surface area contributed by atoms with E-state index in [1.165, 1.54) is 7.11 Å². The predicted octanol–water partition coefficient (Wildman–Crippen LogP) is 1.12. The lowest BCUT2D eigenvalue weighted by Crippen LogP contribution is -2.46. The number of hydrogen-bond donors (Lipinski definition) is 1. The lowest BCUT2D eigenvalue weighted by Gasteiger charge is -2.23. The van der Waals surface area contributed by atoms with Crippen molar-refractivity contribution < 1.29 is 19.1 Å². The molecule has 2 atom stereocenters. The quantitative estimate of drug-likeness (QED) is 0.681. The van der Waals surface area contributed by atoms with Crippen LogP contribution in [-0.2, 0) is 19.1 Å². The van der Waals surface area contributed by atoms with Gasteiger partial charge in [-0.3, -0.25) is 9.59 Å². The molecule has 5 nitrogen and oxygen atoms in total. The second-order valence-corrected chi connectivity index (χ2v) is 4.32. The van der Waals surface area contributed by atoms with Crippen LogP contribution >= 0.6 is 0 Å². The molecule has 0 saturated carbocycles. The Kier molecular flexibility index (Phi) is 7.54. The molecule has 0 rings (SSSR count). The first kappa shape index (κ1) is 15.9. The molecule has 0 aliphatic heterocycles. The highest BCUT2D eigenvalue weighted by molar-refractivity contribution is 5.76. The number of esters is 2. The van der Waals surface area contributed by atoms with E-state index in [2.05, 4.69) is 5.32 Å². The number of ether oxygens (including phenoxy) is 2. The summed E-state index contributed by atoms with van der Waals surface area (Å²) >= 11 is 0. The summed E-state index contributed by atoms with van der Waals surface area (Å²) in [5, 5.41) is 3.08. The fraction of sp³-hybridized carbons (Fsp3) is 0.833. The van der Waals surface area contributed by atoms with E-state index < -0.39 is 6.04 Å². The lowest BCUT2D eigenvalue weighted by molar-refractivity contribution is -0.147. The van der Waals surface area contributed by atoms with Crippen molar-refractivity contribution in [2.24, 2.45) is 5.92 Å². The molecule has 2 unspecified atom stereocenters. The number of hydrogen-bond acceptors (Lipinski definition) is 5. The second-order valence-electron chi connectivity index (χ2n) is 4.32. The fourth-order valence-electron chi connectivity index (χ4n) is 1.49. The van der Waals surface area contributed by atoms with Crippen molar-refractivity contribution in [3.8, 4) is 0 Å². The zero-order valence-electron chi connectivity index (χ0n) is 11.3. The molecule has 0 spiro atoms. The van der Waals surface area contributed by atoms with Crippen LogP contribution in [0.15, 0.2) is 0 Å². The third-order valence-corrected chi connectivity index (χ3v) is 2.36. The molecule has 1 N–H and O–H groups in total. The average Bonchev–Trinajstić information content (AvgIpc) is 2.24. The van der Waals surface area contributed by atoms with Gasteiger partial charge in [0.15, 0.2) is 0 Å².